The number of benzene rings is 1. The van der Waals surface area contributed by atoms with Gasteiger partial charge in [-0.05, 0) is 60.7 Å². The Hall–Kier alpha value is -2.70. The topological polar surface area (TPSA) is 76.3 Å². The van der Waals surface area contributed by atoms with Crippen molar-refractivity contribution in [1.82, 2.24) is 14.9 Å². The average Bonchev–Trinajstić information content (AvgIpc) is 2.72. The van der Waals surface area contributed by atoms with Crippen molar-refractivity contribution in [2.45, 2.75) is 32.1 Å². The molecule has 1 aliphatic heterocycles. The van der Waals surface area contributed by atoms with Crippen molar-refractivity contribution in [1.29, 1.82) is 0 Å². The second kappa shape index (κ2) is 8.54. The van der Waals surface area contributed by atoms with E-state index in [9.17, 15) is 0 Å². The van der Waals surface area contributed by atoms with E-state index in [2.05, 4.69) is 45.4 Å². The predicted molar refractivity (Wildman–Crippen MR) is 113 cm³/mol. The molecule has 3 heterocycles. The van der Waals surface area contributed by atoms with Crippen LogP contribution in [0, 0.1) is 0 Å². The van der Waals surface area contributed by atoms with Crippen LogP contribution in [0.4, 0.5) is 11.6 Å². The van der Waals surface area contributed by atoms with Gasteiger partial charge in [-0.15, -0.1) is 0 Å². The molecule has 1 aromatic carbocycles. The molecule has 6 heteroatoms. The molecule has 3 aromatic rings. The molecule has 0 aliphatic carbocycles. The summed E-state index contributed by atoms with van der Waals surface area (Å²) in [5.74, 6) is 1.43. The zero-order chi connectivity index (χ0) is 19.3. The SMILES string of the molecule is CN1CCC(OCc2ccnc(NCc3ccc4c(N)nccc4c3)c2)CC1. The van der Waals surface area contributed by atoms with E-state index in [1.165, 1.54) is 5.56 Å². The summed E-state index contributed by atoms with van der Waals surface area (Å²) in [6.45, 7) is 3.56. The zero-order valence-electron chi connectivity index (χ0n) is 16.3. The number of nitrogens with zero attached hydrogens (tertiary/aromatic N) is 3. The average molecular weight is 377 g/mol. The van der Waals surface area contributed by atoms with Crippen molar-refractivity contribution in [3.05, 3.63) is 59.9 Å². The minimum atomic E-state index is 0.361. The molecule has 3 N–H and O–H groups in total. The lowest BCUT2D eigenvalue weighted by Gasteiger charge is -2.28. The van der Waals surface area contributed by atoms with Gasteiger partial charge in [0.1, 0.15) is 11.6 Å². The fourth-order valence-electron chi connectivity index (χ4n) is 3.58. The number of nitrogens with one attached hydrogen (secondary N) is 1. The number of ether oxygens (including phenoxy) is 1. The standard InChI is InChI=1S/C22H27N5O/c1-27-10-6-19(7-11-27)28-15-17-4-8-24-21(13-17)26-14-16-2-3-20-18(12-16)5-9-25-22(20)23/h2-5,8-9,12-13,19H,6-7,10-11,14-15H2,1H3,(H2,23,25)(H,24,26). The smallest absolute Gasteiger partial charge is 0.131 e. The maximum absolute atomic E-state index is 6.09. The first-order valence-electron chi connectivity index (χ1n) is 9.79. The zero-order valence-corrected chi connectivity index (χ0v) is 16.3. The number of piperidine rings is 1. The summed E-state index contributed by atoms with van der Waals surface area (Å²) in [7, 11) is 2.17. The lowest BCUT2D eigenvalue weighted by Crippen LogP contribution is -2.34. The maximum Gasteiger partial charge on any atom is 0.131 e. The number of rotatable bonds is 6. The number of pyridine rings is 2. The number of anilines is 2. The van der Waals surface area contributed by atoms with Gasteiger partial charge in [0.25, 0.3) is 0 Å². The van der Waals surface area contributed by atoms with Crippen LogP contribution in [0.1, 0.15) is 24.0 Å². The molecule has 0 radical (unpaired) electrons. The molecule has 1 saturated heterocycles. The lowest BCUT2D eigenvalue weighted by molar-refractivity contribution is 0.00213. The number of nitrogens with two attached hydrogens (primary N) is 1. The van der Waals surface area contributed by atoms with Crippen LogP contribution in [0.3, 0.4) is 0 Å². The molecule has 146 valence electrons. The van der Waals surface area contributed by atoms with Crippen molar-refractivity contribution >= 4 is 22.4 Å². The molecule has 4 rings (SSSR count). The van der Waals surface area contributed by atoms with Gasteiger partial charge in [0, 0.05) is 37.4 Å². The molecular weight excluding hydrogens is 350 g/mol. The Bertz CT molecular complexity index is 937. The largest absolute Gasteiger partial charge is 0.383 e. The molecule has 0 saturated carbocycles. The van der Waals surface area contributed by atoms with E-state index in [1.807, 2.05) is 24.4 Å². The number of aromatic nitrogens is 2. The van der Waals surface area contributed by atoms with Crippen molar-refractivity contribution < 1.29 is 4.74 Å². The van der Waals surface area contributed by atoms with Crippen LogP contribution >= 0.6 is 0 Å². The number of hydrogen-bond donors (Lipinski definition) is 2. The molecule has 0 bridgehead atoms. The molecule has 0 spiro atoms. The maximum atomic E-state index is 6.09. The fourth-order valence-corrected chi connectivity index (χ4v) is 3.58. The van der Waals surface area contributed by atoms with Gasteiger partial charge in [-0.1, -0.05) is 12.1 Å². The first kappa shape index (κ1) is 18.7. The van der Waals surface area contributed by atoms with Gasteiger partial charge in [-0.25, -0.2) is 9.97 Å². The minimum Gasteiger partial charge on any atom is -0.383 e. The number of fused-ring (bicyclic) bond motifs is 1. The number of nitrogen functional groups attached to an aromatic ring is 1. The van der Waals surface area contributed by atoms with Crippen molar-refractivity contribution in [3.63, 3.8) is 0 Å². The quantitative estimate of drug-likeness (QED) is 0.685. The molecule has 2 aromatic heterocycles. The summed E-state index contributed by atoms with van der Waals surface area (Å²) in [6, 6.07) is 12.3. The second-order valence-electron chi connectivity index (χ2n) is 7.47. The van der Waals surface area contributed by atoms with Crippen LogP contribution in [0.5, 0.6) is 0 Å². The van der Waals surface area contributed by atoms with Crippen LogP contribution in [-0.2, 0) is 17.9 Å². The summed E-state index contributed by atoms with van der Waals surface area (Å²) in [4.78, 5) is 10.9. The third-order valence-corrected chi connectivity index (χ3v) is 5.31. The highest BCUT2D eigenvalue weighted by Gasteiger charge is 2.16. The summed E-state index contributed by atoms with van der Waals surface area (Å²) in [5, 5.41) is 5.49. The third-order valence-electron chi connectivity index (χ3n) is 5.31. The Balaban J connectivity index is 1.34. The Morgan fingerprint density at radius 1 is 1.07 bits per heavy atom. The Morgan fingerprint density at radius 3 is 2.75 bits per heavy atom. The van der Waals surface area contributed by atoms with E-state index in [-0.39, 0.29) is 0 Å². The van der Waals surface area contributed by atoms with Gasteiger partial charge in [0.2, 0.25) is 0 Å². The van der Waals surface area contributed by atoms with E-state index >= 15 is 0 Å². The van der Waals surface area contributed by atoms with E-state index in [1.54, 1.807) is 6.20 Å². The van der Waals surface area contributed by atoms with E-state index in [0.29, 0.717) is 25.1 Å². The minimum absolute atomic E-state index is 0.361. The lowest BCUT2D eigenvalue weighted by atomic mass is 10.1. The van der Waals surface area contributed by atoms with Crippen LogP contribution in [0.15, 0.2) is 48.8 Å². The third kappa shape index (κ3) is 4.58. The molecule has 1 aliphatic rings. The van der Waals surface area contributed by atoms with E-state index in [0.717, 1.165) is 48.1 Å². The first-order valence-corrected chi connectivity index (χ1v) is 9.79. The van der Waals surface area contributed by atoms with Crippen molar-refractivity contribution in [3.8, 4) is 0 Å². The van der Waals surface area contributed by atoms with Gasteiger partial charge < -0.3 is 20.7 Å². The number of likely N-dealkylation sites (tertiary alicyclic amines) is 1. The highest BCUT2D eigenvalue weighted by molar-refractivity contribution is 5.91. The van der Waals surface area contributed by atoms with Crippen LogP contribution in [0.2, 0.25) is 0 Å². The predicted octanol–water partition coefficient (Wildman–Crippen LogP) is 3.43. The summed E-state index contributed by atoms with van der Waals surface area (Å²) >= 11 is 0. The first-order chi connectivity index (χ1) is 13.7. The van der Waals surface area contributed by atoms with Crippen molar-refractivity contribution in [2.75, 3.05) is 31.2 Å². The Kier molecular flexibility index (Phi) is 5.69. The van der Waals surface area contributed by atoms with Gasteiger partial charge in [-0.3, -0.25) is 0 Å². The fraction of sp³-hybridized carbons (Fsp3) is 0.364. The van der Waals surface area contributed by atoms with Gasteiger partial charge >= 0.3 is 0 Å². The Labute approximate surface area is 165 Å². The molecule has 1 fully saturated rings. The second-order valence-corrected chi connectivity index (χ2v) is 7.47. The van der Waals surface area contributed by atoms with Gasteiger partial charge in [-0.2, -0.15) is 0 Å². The summed E-state index contributed by atoms with van der Waals surface area (Å²) in [5.41, 5.74) is 8.25. The highest BCUT2D eigenvalue weighted by atomic mass is 16.5. The molecule has 0 amide bonds. The van der Waals surface area contributed by atoms with Crippen LogP contribution in [-0.4, -0.2) is 41.1 Å². The summed E-state index contributed by atoms with van der Waals surface area (Å²) in [6.07, 6.45) is 6.15. The monoisotopic (exact) mass is 377 g/mol. The van der Waals surface area contributed by atoms with E-state index in [4.69, 9.17) is 10.5 Å². The number of hydrogen-bond acceptors (Lipinski definition) is 6. The molecule has 28 heavy (non-hydrogen) atoms. The molecular formula is C22H27N5O. The van der Waals surface area contributed by atoms with Gasteiger partial charge in [0.15, 0.2) is 0 Å². The molecule has 0 unspecified atom stereocenters. The van der Waals surface area contributed by atoms with Crippen LogP contribution in [0.25, 0.3) is 10.8 Å². The van der Waals surface area contributed by atoms with E-state index < -0.39 is 0 Å². The van der Waals surface area contributed by atoms with Crippen LogP contribution < -0.4 is 11.1 Å². The van der Waals surface area contributed by atoms with Gasteiger partial charge in [0.05, 0.1) is 12.7 Å². The summed E-state index contributed by atoms with van der Waals surface area (Å²) < 4.78 is 6.09. The highest BCUT2D eigenvalue weighted by Crippen LogP contribution is 2.21. The molecule has 6 nitrogen and oxygen atoms in total. The normalized spacial score (nSPS) is 15.8. The Morgan fingerprint density at radius 2 is 1.89 bits per heavy atom. The van der Waals surface area contributed by atoms with Crippen molar-refractivity contribution in [2.24, 2.45) is 0 Å². The molecule has 0 atom stereocenters.